The van der Waals surface area contributed by atoms with Crippen LogP contribution in [0.25, 0.3) is 5.69 Å². The number of hydrogen-bond donors (Lipinski definition) is 1. The van der Waals surface area contributed by atoms with Crippen LogP contribution in [0.2, 0.25) is 0 Å². The minimum Gasteiger partial charge on any atom is -0.296 e. The Kier molecular flexibility index (Phi) is 4.15. The van der Waals surface area contributed by atoms with Gasteiger partial charge in [-0.25, -0.2) is 4.68 Å². The highest BCUT2D eigenvalue weighted by Crippen LogP contribution is 2.18. The van der Waals surface area contributed by atoms with Gasteiger partial charge in [0.1, 0.15) is 11.3 Å². The van der Waals surface area contributed by atoms with Crippen LogP contribution in [0.3, 0.4) is 0 Å². The first-order valence-electron chi connectivity index (χ1n) is 6.73. The van der Waals surface area contributed by atoms with Crippen molar-refractivity contribution < 1.29 is 4.79 Å². The Morgan fingerprint density at radius 2 is 2.27 bits per heavy atom. The van der Waals surface area contributed by atoms with Crippen molar-refractivity contribution in [1.29, 1.82) is 0 Å². The predicted molar refractivity (Wildman–Crippen MR) is 81.0 cm³/mol. The van der Waals surface area contributed by atoms with E-state index in [-0.39, 0.29) is 5.91 Å². The number of hydrogen-bond acceptors (Lipinski definition) is 7. The van der Waals surface area contributed by atoms with Gasteiger partial charge in [-0.3, -0.25) is 10.1 Å². The minimum atomic E-state index is -0.242. The van der Waals surface area contributed by atoms with E-state index in [1.807, 2.05) is 6.07 Å². The van der Waals surface area contributed by atoms with Crippen molar-refractivity contribution in [3.05, 3.63) is 41.2 Å². The van der Waals surface area contributed by atoms with Crippen molar-refractivity contribution in [3.8, 4) is 5.69 Å². The molecule has 0 aliphatic heterocycles. The molecule has 2 heterocycles. The molecule has 0 atom stereocenters. The van der Waals surface area contributed by atoms with Gasteiger partial charge in [0.25, 0.3) is 5.91 Å². The normalized spacial score (nSPS) is 10.6. The van der Waals surface area contributed by atoms with E-state index in [4.69, 9.17) is 0 Å². The lowest BCUT2D eigenvalue weighted by Gasteiger charge is -2.04. The number of nitrogens with one attached hydrogen (secondary N) is 1. The Bertz CT molecular complexity index is 768. The summed E-state index contributed by atoms with van der Waals surface area (Å²) in [5.74, 6) is -0.242. The van der Waals surface area contributed by atoms with Crippen molar-refractivity contribution in [2.45, 2.75) is 19.8 Å². The average Bonchev–Trinajstić information content (AvgIpc) is 3.20. The van der Waals surface area contributed by atoms with Crippen molar-refractivity contribution in [2.75, 3.05) is 5.32 Å². The third-order valence-corrected chi connectivity index (χ3v) is 3.77. The summed E-state index contributed by atoms with van der Waals surface area (Å²) in [5.41, 5.74) is 1.21. The van der Waals surface area contributed by atoms with E-state index in [2.05, 4.69) is 38.0 Å². The van der Waals surface area contributed by atoms with Crippen molar-refractivity contribution in [1.82, 2.24) is 30.4 Å². The number of carbonyl (C=O) groups excluding carboxylic acids is 1. The molecule has 8 nitrogen and oxygen atoms in total. The number of aromatic nitrogens is 6. The smallest absolute Gasteiger partial charge is 0.257 e. The van der Waals surface area contributed by atoms with Crippen LogP contribution < -0.4 is 5.32 Å². The lowest BCUT2D eigenvalue weighted by Crippen LogP contribution is -2.12. The first-order chi connectivity index (χ1) is 10.8. The maximum Gasteiger partial charge on any atom is 0.257 e. The molecule has 3 aromatic rings. The Labute approximate surface area is 130 Å². The van der Waals surface area contributed by atoms with Crippen LogP contribution >= 0.6 is 11.3 Å². The third-order valence-electron chi connectivity index (χ3n) is 2.87. The topological polar surface area (TPSA) is 98.5 Å². The van der Waals surface area contributed by atoms with Crippen LogP contribution in [-0.4, -0.2) is 36.3 Å². The zero-order valence-electron chi connectivity index (χ0n) is 11.8. The standard InChI is InChI=1S/C13H13N7OS/c1-2-4-11-16-17-13(22-11)15-12(21)9-5-3-6-10(7-9)20-8-14-18-19-20/h3,5-8H,2,4H2,1H3,(H,15,17,21). The fourth-order valence-corrected chi connectivity index (χ4v) is 2.69. The summed E-state index contributed by atoms with van der Waals surface area (Å²) in [7, 11) is 0. The number of nitrogens with zero attached hydrogens (tertiary/aromatic N) is 6. The molecule has 3 rings (SSSR count). The summed E-state index contributed by atoms with van der Waals surface area (Å²) in [6.07, 6.45) is 3.33. The van der Waals surface area contributed by atoms with E-state index >= 15 is 0 Å². The summed E-state index contributed by atoms with van der Waals surface area (Å²) in [5, 5.41) is 23.1. The molecule has 0 saturated carbocycles. The molecule has 0 saturated heterocycles. The molecule has 22 heavy (non-hydrogen) atoms. The van der Waals surface area contributed by atoms with Crippen molar-refractivity contribution in [3.63, 3.8) is 0 Å². The molecule has 1 amide bonds. The van der Waals surface area contributed by atoms with Crippen LogP contribution in [0.1, 0.15) is 28.7 Å². The lowest BCUT2D eigenvalue weighted by atomic mass is 10.2. The van der Waals surface area contributed by atoms with Crippen LogP contribution in [0.4, 0.5) is 5.13 Å². The van der Waals surface area contributed by atoms with Gasteiger partial charge in [-0.15, -0.1) is 15.3 Å². The number of anilines is 1. The van der Waals surface area contributed by atoms with E-state index in [1.165, 1.54) is 22.3 Å². The van der Waals surface area contributed by atoms with E-state index in [1.54, 1.807) is 18.2 Å². The molecule has 0 unspecified atom stereocenters. The van der Waals surface area contributed by atoms with Crippen LogP contribution in [-0.2, 0) is 6.42 Å². The second-order valence-electron chi connectivity index (χ2n) is 4.51. The number of carbonyl (C=O) groups is 1. The maximum absolute atomic E-state index is 12.3. The summed E-state index contributed by atoms with van der Waals surface area (Å²) in [6.45, 7) is 2.07. The molecular formula is C13H13N7OS. The Morgan fingerprint density at radius 3 is 3.05 bits per heavy atom. The van der Waals surface area contributed by atoms with Gasteiger partial charge in [-0.05, 0) is 35.0 Å². The molecular weight excluding hydrogens is 302 g/mol. The molecule has 1 aromatic carbocycles. The summed E-state index contributed by atoms with van der Waals surface area (Å²) in [4.78, 5) is 12.3. The maximum atomic E-state index is 12.3. The highest BCUT2D eigenvalue weighted by atomic mass is 32.1. The third kappa shape index (κ3) is 3.14. The molecule has 0 radical (unpaired) electrons. The quantitative estimate of drug-likeness (QED) is 0.769. The SMILES string of the molecule is CCCc1nnc(NC(=O)c2cccc(-n3cnnn3)c2)s1. The molecule has 112 valence electrons. The van der Waals surface area contributed by atoms with Gasteiger partial charge in [0.05, 0.1) is 5.69 Å². The molecule has 0 aliphatic carbocycles. The molecule has 2 aromatic heterocycles. The molecule has 0 fully saturated rings. The highest BCUT2D eigenvalue weighted by Gasteiger charge is 2.11. The van der Waals surface area contributed by atoms with E-state index in [9.17, 15) is 4.79 Å². The summed E-state index contributed by atoms with van der Waals surface area (Å²) >= 11 is 1.39. The van der Waals surface area contributed by atoms with E-state index < -0.39 is 0 Å². The van der Waals surface area contributed by atoms with Crippen molar-refractivity contribution >= 4 is 22.4 Å². The Hall–Kier alpha value is -2.68. The first kappa shape index (κ1) is 14.3. The number of aryl methyl sites for hydroxylation is 1. The average molecular weight is 315 g/mol. The van der Waals surface area contributed by atoms with Crippen LogP contribution in [0, 0.1) is 0 Å². The predicted octanol–water partition coefficient (Wildman–Crippen LogP) is 1.72. The number of amides is 1. The number of rotatable bonds is 5. The Balaban J connectivity index is 1.75. The molecule has 0 aliphatic rings. The van der Waals surface area contributed by atoms with Gasteiger partial charge in [-0.1, -0.05) is 24.3 Å². The Morgan fingerprint density at radius 1 is 1.36 bits per heavy atom. The number of benzene rings is 1. The lowest BCUT2D eigenvalue weighted by molar-refractivity contribution is 0.102. The second kappa shape index (κ2) is 6.39. The zero-order valence-corrected chi connectivity index (χ0v) is 12.6. The van der Waals surface area contributed by atoms with E-state index in [0.29, 0.717) is 16.4 Å². The fraction of sp³-hybridized carbons (Fsp3) is 0.231. The van der Waals surface area contributed by atoms with Gasteiger partial charge >= 0.3 is 0 Å². The van der Waals surface area contributed by atoms with Gasteiger partial charge in [0, 0.05) is 12.0 Å². The second-order valence-corrected chi connectivity index (χ2v) is 5.57. The number of tetrazole rings is 1. The first-order valence-corrected chi connectivity index (χ1v) is 7.55. The van der Waals surface area contributed by atoms with Crippen LogP contribution in [0.15, 0.2) is 30.6 Å². The van der Waals surface area contributed by atoms with Gasteiger partial charge in [0.2, 0.25) is 5.13 Å². The fourth-order valence-electron chi connectivity index (χ4n) is 1.86. The highest BCUT2D eigenvalue weighted by molar-refractivity contribution is 7.15. The molecule has 1 N–H and O–H groups in total. The molecule has 9 heteroatoms. The summed E-state index contributed by atoms with van der Waals surface area (Å²) in [6, 6.07) is 7.02. The van der Waals surface area contributed by atoms with Gasteiger partial charge in [-0.2, -0.15) is 0 Å². The van der Waals surface area contributed by atoms with Crippen molar-refractivity contribution in [2.24, 2.45) is 0 Å². The largest absolute Gasteiger partial charge is 0.296 e. The molecule has 0 spiro atoms. The minimum absolute atomic E-state index is 0.242. The monoisotopic (exact) mass is 315 g/mol. The summed E-state index contributed by atoms with van der Waals surface area (Å²) < 4.78 is 1.49. The van der Waals surface area contributed by atoms with Gasteiger partial charge in [0.15, 0.2) is 0 Å². The van der Waals surface area contributed by atoms with Gasteiger partial charge < -0.3 is 0 Å². The van der Waals surface area contributed by atoms with E-state index in [0.717, 1.165) is 17.8 Å². The van der Waals surface area contributed by atoms with Crippen LogP contribution in [0.5, 0.6) is 0 Å². The zero-order chi connectivity index (χ0) is 15.4. The molecule has 0 bridgehead atoms.